The highest BCUT2D eigenvalue weighted by atomic mass is 16.6. The van der Waals surface area contributed by atoms with Crippen LogP contribution >= 0.6 is 0 Å². The topological polar surface area (TPSA) is 112 Å². The molecule has 0 aromatic carbocycles. The van der Waals surface area contributed by atoms with Crippen molar-refractivity contribution in [3.05, 3.63) is 0 Å². The van der Waals surface area contributed by atoms with Gasteiger partial charge in [0.2, 0.25) is 5.91 Å². The van der Waals surface area contributed by atoms with Crippen LogP contribution in [0.4, 0.5) is 0 Å². The first-order valence-electron chi connectivity index (χ1n) is 13.6. The van der Waals surface area contributed by atoms with Gasteiger partial charge in [-0.25, -0.2) is 0 Å². The molecule has 0 spiro atoms. The van der Waals surface area contributed by atoms with Gasteiger partial charge in [0.15, 0.2) is 0 Å². The molecule has 0 aliphatic rings. The van der Waals surface area contributed by atoms with Gasteiger partial charge in [0.1, 0.15) is 0 Å². The molecule has 1 atom stereocenters. The first-order chi connectivity index (χ1) is 18.2. The number of nitrogens with one attached hydrogen (secondary N) is 1. The standard InChI is InChI=1S/C24H49NO10.C2H6/c1-4-23(2)35-22-21-34-20-19-33-18-17-32-16-15-31-14-13-30-12-11-29-10-9-28-8-7-27-6-5-25-24(3)26;1-2/h23H,4-22H2,1-3H3,(H,25,26);1-2H3/t23-;/m1./s1. The Bertz CT molecular complexity index is 432. The summed E-state index contributed by atoms with van der Waals surface area (Å²) in [5.74, 6) is -0.0573. The maximum absolute atomic E-state index is 10.7. The van der Waals surface area contributed by atoms with Gasteiger partial charge < -0.3 is 47.9 Å². The van der Waals surface area contributed by atoms with Crippen LogP contribution in [-0.2, 0) is 47.4 Å². The number of hydrogen-bond donors (Lipinski definition) is 1. The van der Waals surface area contributed by atoms with Crippen molar-refractivity contribution in [2.24, 2.45) is 0 Å². The SMILES string of the molecule is CC.CC[C@@H](C)OCCOCCOCCOCCOCCOCCOCCOCCOCCNC(C)=O. The predicted octanol–water partition coefficient (Wildman–Crippen LogP) is 2.10. The molecule has 0 saturated carbocycles. The Morgan fingerprint density at radius 1 is 0.541 bits per heavy atom. The molecular formula is C26H55NO10. The van der Waals surface area contributed by atoms with E-state index in [2.05, 4.69) is 19.2 Å². The van der Waals surface area contributed by atoms with Gasteiger partial charge in [-0.05, 0) is 13.3 Å². The molecule has 1 N–H and O–H groups in total. The lowest BCUT2D eigenvalue weighted by Gasteiger charge is -2.11. The van der Waals surface area contributed by atoms with Crippen molar-refractivity contribution in [1.82, 2.24) is 5.32 Å². The second-order valence-corrected chi connectivity index (χ2v) is 7.47. The van der Waals surface area contributed by atoms with Gasteiger partial charge in [-0.15, -0.1) is 0 Å². The molecule has 0 aliphatic carbocycles. The highest BCUT2D eigenvalue weighted by Crippen LogP contribution is 1.94. The number of hydrogen-bond acceptors (Lipinski definition) is 10. The van der Waals surface area contributed by atoms with Crippen molar-refractivity contribution in [1.29, 1.82) is 0 Å². The average molecular weight is 542 g/mol. The number of carbonyl (C=O) groups excluding carboxylic acids is 1. The third kappa shape index (κ3) is 37.3. The predicted molar refractivity (Wildman–Crippen MR) is 142 cm³/mol. The van der Waals surface area contributed by atoms with E-state index < -0.39 is 0 Å². The zero-order valence-corrected chi connectivity index (χ0v) is 24.1. The Hall–Kier alpha value is -0.890. The Kier molecular flexibility index (Phi) is 36.3. The van der Waals surface area contributed by atoms with Crippen molar-refractivity contribution >= 4 is 5.91 Å². The fourth-order valence-corrected chi connectivity index (χ4v) is 2.37. The summed E-state index contributed by atoms with van der Waals surface area (Å²) >= 11 is 0. The third-order valence-corrected chi connectivity index (χ3v) is 4.43. The first-order valence-corrected chi connectivity index (χ1v) is 13.6. The monoisotopic (exact) mass is 541 g/mol. The molecule has 1 amide bonds. The third-order valence-electron chi connectivity index (χ3n) is 4.43. The van der Waals surface area contributed by atoms with Crippen molar-refractivity contribution in [2.45, 2.75) is 47.1 Å². The number of ether oxygens (including phenoxy) is 9. The van der Waals surface area contributed by atoms with Crippen LogP contribution in [0.25, 0.3) is 0 Å². The van der Waals surface area contributed by atoms with Gasteiger partial charge in [-0.1, -0.05) is 20.8 Å². The van der Waals surface area contributed by atoms with E-state index in [1.807, 2.05) is 13.8 Å². The van der Waals surface area contributed by atoms with Gasteiger partial charge in [-0.2, -0.15) is 0 Å². The summed E-state index contributed by atoms with van der Waals surface area (Å²) in [4.78, 5) is 10.7. The fourth-order valence-electron chi connectivity index (χ4n) is 2.37. The molecule has 0 heterocycles. The molecular weight excluding hydrogens is 486 g/mol. The molecule has 0 radical (unpaired) electrons. The Morgan fingerprint density at radius 2 is 0.811 bits per heavy atom. The van der Waals surface area contributed by atoms with Gasteiger partial charge in [0.25, 0.3) is 0 Å². The molecule has 0 aromatic rings. The Labute approximate surface area is 225 Å². The minimum atomic E-state index is -0.0573. The zero-order valence-electron chi connectivity index (χ0n) is 24.1. The summed E-state index contributed by atoms with van der Waals surface area (Å²) in [6.07, 6.45) is 1.30. The summed E-state index contributed by atoms with van der Waals surface area (Å²) in [7, 11) is 0. The van der Waals surface area contributed by atoms with Crippen LogP contribution in [-0.4, -0.2) is 131 Å². The maximum atomic E-state index is 10.7. The lowest BCUT2D eigenvalue weighted by atomic mass is 10.3. The van der Waals surface area contributed by atoms with E-state index in [0.717, 1.165) is 6.42 Å². The van der Waals surface area contributed by atoms with E-state index in [1.54, 1.807) is 0 Å². The fraction of sp³-hybridized carbons (Fsp3) is 0.962. The first kappa shape index (κ1) is 38.3. The van der Waals surface area contributed by atoms with Crippen LogP contribution in [0.1, 0.15) is 41.0 Å². The van der Waals surface area contributed by atoms with E-state index in [1.165, 1.54) is 6.92 Å². The lowest BCUT2D eigenvalue weighted by Crippen LogP contribution is -2.25. The molecule has 0 aliphatic heterocycles. The van der Waals surface area contributed by atoms with E-state index in [9.17, 15) is 4.79 Å². The van der Waals surface area contributed by atoms with Crippen LogP contribution in [0, 0.1) is 0 Å². The van der Waals surface area contributed by atoms with Crippen molar-refractivity contribution in [3.8, 4) is 0 Å². The van der Waals surface area contributed by atoms with Gasteiger partial charge >= 0.3 is 0 Å². The highest BCUT2D eigenvalue weighted by molar-refractivity contribution is 5.72. The minimum Gasteiger partial charge on any atom is -0.377 e. The summed E-state index contributed by atoms with van der Waals surface area (Å²) < 4.78 is 48.8. The summed E-state index contributed by atoms with van der Waals surface area (Å²) in [5.41, 5.74) is 0. The highest BCUT2D eigenvalue weighted by Gasteiger charge is 1.98. The summed E-state index contributed by atoms with van der Waals surface area (Å²) in [5, 5.41) is 2.66. The number of rotatable bonds is 29. The lowest BCUT2D eigenvalue weighted by molar-refractivity contribution is -0.119. The number of amides is 1. The van der Waals surface area contributed by atoms with Crippen molar-refractivity contribution < 1.29 is 47.4 Å². The van der Waals surface area contributed by atoms with E-state index in [-0.39, 0.29) is 12.0 Å². The van der Waals surface area contributed by atoms with E-state index in [0.29, 0.717) is 119 Å². The largest absolute Gasteiger partial charge is 0.377 e. The molecule has 0 rings (SSSR count). The van der Waals surface area contributed by atoms with Crippen LogP contribution < -0.4 is 5.32 Å². The van der Waals surface area contributed by atoms with Gasteiger partial charge in [-0.3, -0.25) is 4.79 Å². The van der Waals surface area contributed by atoms with Crippen LogP contribution in [0.15, 0.2) is 0 Å². The molecule has 224 valence electrons. The van der Waals surface area contributed by atoms with Crippen LogP contribution in [0.5, 0.6) is 0 Å². The minimum absolute atomic E-state index is 0.0573. The molecule has 0 unspecified atom stereocenters. The molecule has 11 nitrogen and oxygen atoms in total. The maximum Gasteiger partial charge on any atom is 0.216 e. The Balaban J connectivity index is 0. The van der Waals surface area contributed by atoms with E-state index >= 15 is 0 Å². The van der Waals surface area contributed by atoms with Crippen LogP contribution in [0.2, 0.25) is 0 Å². The molecule has 0 aromatic heterocycles. The Morgan fingerprint density at radius 3 is 1.08 bits per heavy atom. The van der Waals surface area contributed by atoms with Crippen LogP contribution in [0.3, 0.4) is 0 Å². The average Bonchev–Trinajstić information content (AvgIpc) is 2.91. The van der Waals surface area contributed by atoms with Gasteiger partial charge in [0.05, 0.1) is 118 Å². The number of carbonyl (C=O) groups is 1. The molecule has 0 fully saturated rings. The molecule has 0 saturated heterocycles. The molecule has 0 bridgehead atoms. The normalized spacial score (nSPS) is 11.7. The van der Waals surface area contributed by atoms with Gasteiger partial charge in [0, 0.05) is 13.5 Å². The quantitative estimate of drug-likeness (QED) is 0.141. The van der Waals surface area contributed by atoms with Crippen molar-refractivity contribution in [3.63, 3.8) is 0 Å². The summed E-state index contributed by atoms with van der Waals surface area (Å²) in [6, 6.07) is 0. The van der Waals surface area contributed by atoms with Crippen molar-refractivity contribution in [2.75, 3.05) is 119 Å². The summed E-state index contributed by atoms with van der Waals surface area (Å²) in [6.45, 7) is 19.1. The molecule has 11 heteroatoms. The second-order valence-electron chi connectivity index (χ2n) is 7.47. The molecule has 37 heavy (non-hydrogen) atoms. The van der Waals surface area contributed by atoms with E-state index in [4.69, 9.17) is 42.6 Å². The zero-order chi connectivity index (χ0) is 27.7. The smallest absolute Gasteiger partial charge is 0.216 e. The second kappa shape index (κ2) is 35.1.